The van der Waals surface area contributed by atoms with Crippen LogP contribution in [0.2, 0.25) is 0 Å². The summed E-state index contributed by atoms with van der Waals surface area (Å²) < 4.78 is 25.6. The summed E-state index contributed by atoms with van der Waals surface area (Å²) in [6.45, 7) is 0.742. The fourth-order valence-corrected chi connectivity index (χ4v) is 1.38. The minimum absolute atomic E-state index is 0.251. The molecular formula is C11H16F2N2O. The first-order chi connectivity index (χ1) is 7.47. The normalized spacial score (nSPS) is 12.9. The third-order valence-corrected chi connectivity index (χ3v) is 1.98. The number of halogens is 2. The van der Waals surface area contributed by atoms with E-state index in [0.29, 0.717) is 12.2 Å². The van der Waals surface area contributed by atoms with E-state index >= 15 is 0 Å². The minimum atomic E-state index is -0.635. The monoisotopic (exact) mass is 230 g/mol. The molecule has 1 rings (SSSR count). The van der Waals surface area contributed by atoms with Gasteiger partial charge in [0.25, 0.3) is 0 Å². The molecule has 2 N–H and O–H groups in total. The molecule has 0 aliphatic heterocycles. The van der Waals surface area contributed by atoms with E-state index in [2.05, 4.69) is 5.32 Å². The predicted molar refractivity (Wildman–Crippen MR) is 59.4 cm³/mol. The third kappa shape index (κ3) is 4.55. The van der Waals surface area contributed by atoms with Crippen molar-refractivity contribution in [2.45, 2.75) is 6.10 Å². The Kier molecular flexibility index (Phi) is 4.64. The maximum Gasteiger partial charge on any atom is 0.128 e. The average Bonchev–Trinajstić information content (AvgIpc) is 2.12. The van der Waals surface area contributed by atoms with Crippen LogP contribution < -0.4 is 5.32 Å². The number of anilines is 1. The Morgan fingerprint density at radius 1 is 1.25 bits per heavy atom. The molecular weight excluding hydrogens is 214 g/mol. The van der Waals surface area contributed by atoms with E-state index in [9.17, 15) is 13.9 Å². The predicted octanol–water partition coefficient (Wildman–Crippen LogP) is 1.30. The van der Waals surface area contributed by atoms with E-state index in [1.807, 2.05) is 19.0 Å². The van der Waals surface area contributed by atoms with E-state index in [4.69, 9.17) is 0 Å². The summed E-state index contributed by atoms with van der Waals surface area (Å²) >= 11 is 0. The van der Waals surface area contributed by atoms with Crippen LogP contribution in [0.15, 0.2) is 18.2 Å². The van der Waals surface area contributed by atoms with Gasteiger partial charge < -0.3 is 15.3 Å². The second-order valence-corrected chi connectivity index (χ2v) is 3.96. The van der Waals surface area contributed by atoms with Gasteiger partial charge in [-0.15, -0.1) is 0 Å². The molecule has 0 spiro atoms. The van der Waals surface area contributed by atoms with Gasteiger partial charge in [0.15, 0.2) is 0 Å². The lowest BCUT2D eigenvalue weighted by atomic mass is 10.2. The molecule has 0 fully saturated rings. The Morgan fingerprint density at radius 2 is 1.81 bits per heavy atom. The van der Waals surface area contributed by atoms with Crippen molar-refractivity contribution >= 4 is 5.69 Å². The number of rotatable bonds is 5. The molecule has 16 heavy (non-hydrogen) atoms. The number of likely N-dealkylation sites (N-methyl/N-ethyl adjacent to an activating group) is 1. The molecule has 0 aliphatic carbocycles. The Morgan fingerprint density at radius 3 is 2.31 bits per heavy atom. The molecule has 5 heteroatoms. The quantitative estimate of drug-likeness (QED) is 0.800. The van der Waals surface area contributed by atoms with Crippen LogP contribution in [-0.4, -0.2) is 43.3 Å². The summed E-state index contributed by atoms with van der Waals surface area (Å²) in [5, 5.41) is 12.3. The lowest BCUT2D eigenvalue weighted by Crippen LogP contribution is -2.31. The lowest BCUT2D eigenvalue weighted by Gasteiger charge is -2.17. The molecule has 0 aromatic heterocycles. The SMILES string of the molecule is CN(C)CC(O)CNc1cc(F)cc(F)c1. The first-order valence-electron chi connectivity index (χ1n) is 5.00. The van der Waals surface area contributed by atoms with Gasteiger partial charge >= 0.3 is 0 Å². The number of nitrogens with zero attached hydrogens (tertiary/aromatic N) is 1. The van der Waals surface area contributed by atoms with E-state index < -0.39 is 17.7 Å². The highest BCUT2D eigenvalue weighted by molar-refractivity contribution is 5.43. The van der Waals surface area contributed by atoms with Crippen molar-refractivity contribution in [3.8, 4) is 0 Å². The third-order valence-electron chi connectivity index (χ3n) is 1.98. The van der Waals surface area contributed by atoms with Gasteiger partial charge in [0.05, 0.1) is 6.10 Å². The summed E-state index contributed by atoms with van der Waals surface area (Å²) in [6.07, 6.45) is -0.582. The van der Waals surface area contributed by atoms with Crippen LogP contribution in [0.1, 0.15) is 0 Å². The van der Waals surface area contributed by atoms with E-state index in [1.165, 1.54) is 12.1 Å². The fourth-order valence-electron chi connectivity index (χ4n) is 1.38. The number of hydrogen-bond acceptors (Lipinski definition) is 3. The van der Waals surface area contributed by atoms with Crippen LogP contribution in [0, 0.1) is 11.6 Å². The summed E-state index contributed by atoms with van der Waals surface area (Å²) in [5.74, 6) is -1.27. The van der Waals surface area contributed by atoms with Crippen LogP contribution in [0.3, 0.4) is 0 Å². The van der Waals surface area contributed by atoms with Crippen molar-refractivity contribution in [2.75, 3.05) is 32.5 Å². The van der Waals surface area contributed by atoms with E-state index in [-0.39, 0.29) is 6.54 Å². The number of aliphatic hydroxyl groups excluding tert-OH is 1. The van der Waals surface area contributed by atoms with Gasteiger partial charge in [-0.2, -0.15) is 0 Å². The van der Waals surface area contributed by atoms with E-state index in [1.54, 1.807) is 0 Å². The Labute approximate surface area is 93.7 Å². The van der Waals surface area contributed by atoms with Crippen molar-refractivity contribution in [3.05, 3.63) is 29.8 Å². The number of nitrogens with one attached hydrogen (secondary N) is 1. The Bertz CT molecular complexity index is 325. The molecule has 0 bridgehead atoms. The van der Waals surface area contributed by atoms with Crippen molar-refractivity contribution in [3.63, 3.8) is 0 Å². The van der Waals surface area contributed by atoms with Gasteiger partial charge in [-0.1, -0.05) is 0 Å². The van der Waals surface area contributed by atoms with Gasteiger partial charge in [-0.25, -0.2) is 8.78 Å². The van der Waals surface area contributed by atoms with Crippen LogP contribution >= 0.6 is 0 Å². The first-order valence-corrected chi connectivity index (χ1v) is 5.00. The molecule has 0 saturated carbocycles. The first kappa shape index (κ1) is 12.9. The molecule has 0 radical (unpaired) electrons. The highest BCUT2D eigenvalue weighted by atomic mass is 19.1. The van der Waals surface area contributed by atoms with Gasteiger partial charge in [0.1, 0.15) is 11.6 Å². The second-order valence-electron chi connectivity index (χ2n) is 3.96. The van der Waals surface area contributed by atoms with Crippen molar-refractivity contribution in [1.82, 2.24) is 4.90 Å². The molecule has 0 aliphatic rings. The maximum absolute atomic E-state index is 12.8. The van der Waals surface area contributed by atoms with E-state index in [0.717, 1.165) is 6.07 Å². The van der Waals surface area contributed by atoms with Gasteiger partial charge in [-0.3, -0.25) is 0 Å². The van der Waals surface area contributed by atoms with Crippen LogP contribution in [0.25, 0.3) is 0 Å². The maximum atomic E-state index is 12.8. The number of aliphatic hydroxyl groups is 1. The van der Waals surface area contributed by atoms with Gasteiger partial charge in [0, 0.05) is 24.8 Å². The Balaban J connectivity index is 2.48. The van der Waals surface area contributed by atoms with Crippen LogP contribution in [0.5, 0.6) is 0 Å². The molecule has 90 valence electrons. The standard InChI is InChI=1S/C11H16F2N2O/c1-15(2)7-11(16)6-14-10-4-8(12)3-9(13)5-10/h3-5,11,14,16H,6-7H2,1-2H3. The molecule has 3 nitrogen and oxygen atoms in total. The molecule has 0 amide bonds. The van der Waals surface area contributed by atoms with Crippen molar-refractivity contribution in [2.24, 2.45) is 0 Å². The summed E-state index contributed by atoms with van der Waals surface area (Å²) in [4.78, 5) is 1.83. The second kappa shape index (κ2) is 5.77. The summed E-state index contributed by atoms with van der Waals surface area (Å²) in [6, 6.07) is 3.18. The Hall–Kier alpha value is -1.20. The number of benzene rings is 1. The smallest absolute Gasteiger partial charge is 0.128 e. The zero-order chi connectivity index (χ0) is 12.1. The van der Waals surface area contributed by atoms with Crippen molar-refractivity contribution < 1.29 is 13.9 Å². The zero-order valence-electron chi connectivity index (χ0n) is 9.37. The average molecular weight is 230 g/mol. The molecule has 1 atom stereocenters. The molecule has 0 saturated heterocycles. The summed E-state index contributed by atoms with van der Waals surface area (Å²) in [5.41, 5.74) is 0.329. The highest BCUT2D eigenvalue weighted by Gasteiger charge is 2.06. The van der Waals surface area contributed by atoms with Gasteiger partial charge in [0.2, 0.25) is 0 Å². The molecule has 1 unspecified atom stereocenters. The molecule has 1 aromatic carbocycles. The minimum Gasteiger partial charge on any atom is -0.390 e. The molecule has 0 heterocycles. The van der Waals surface area contributed by atoms with Crippen LogP contribution in [-0.2, 0) is 0 Å². The molecule has 1 aromatic rings. The van der Waals surface area contributed by atoms with Crippen molar-refractivity contribution in [1.29, 1.82) is 0 Å². The topological polar surface area (TPSA) is 35.5 Å². The number of hydrogen-bond donors (Lipinski definition) is 2. The highest BCUT2D eigenvalue weighted by Crippen LogP contribution is 2.12. The summed E-state index contributed by atoms with van der Waals surface area (Å²) in [7, 11) is 3.68. The zero-order valence-corrected chi connectivity index (χ0v) is 9.37. The fraction of sp³-hybridized carbons (Fsp3) is 0.455. The van der Waals surface area contributed by atoms with Gasteiger partial charge in [-0.05, 0) is 26.2 Å². The largest absolute Gasteiger partial charge is 0.390 e. The lowest BCUT2D eigenvalue weighted by molar-refractivity contribution is 0.148. The van der Waals surface area contributed by atoms with Crippen LogP contribution in [0.4, 0.5) is 14.5 Å².